The largest absolute Gasteiger partial charge is 0.469 e. The molecular formula is C9H14F3NO3. The zero-order valence-electron chi connectivity index (χ0n) is 9.13. The molecule has 7 heteroatoms. The Morgan fingerprint density at radius 3 is 2.25 bits per heavy atom. The average molecular weight is 241 g/mol. The second kappa shape index (κ2) is 6.34. The van der Waals surface area contributed by atoms with Gasteiger partial charge in [0.15, 0.2) is 0 Å². The summed E-state index contributed by atoms with van der Waals surface area (Å²) in [6.07, 6.45) is -4.73. The summed E-state index contributed by atoms with van der Waals surface area (Å²) >= 11 is 0. The van der Waals surface area contributed by atoms with Gasteiger partial charge in [-0.15, -0.1) is 0 Å². The molecule has 1 amide bonds. The first kappa shape index (κ1) is 14.7. The maximum absolute atomic E-state index is 12.1. The molecule has 0 heterocycles. The van der Waals surface area contributed by atoms with Gasteiger partial charge in [-0.2, -0.15) is 13.2 Å². The number of amides is 1. The molecule has 94 valence electrons. The minimum absolute atomic E-state index is 0.0305. The second-order valence-electron chi connectivity index (χ2n) is 3.11. The number of hydrogen-bond acceptors (Lipinski definition) is 3. The highest BCUT2D eigenvalue weighted by Crippen LogP contribution is 2.17. The highest BCUT2D eigenvalue weighted by molar-refractivity contribution is 5.77. The van der Waals surface area contributed by atoms with Crippen molar-refractivity contribution in [2.45, 2.75) is 25.9 Å². The summed E-state index contributed by atoms with van der Waals surface area (Å²) in [4.78, 5) is 22.5. The van der Waals surface area contributed by atoms with Crippen LogP contribution in [0.1, 0.15) is 19.8 Å². The normalized spacial score (nSPS) is 11.1. The van der Waals surface area contributed by atoms with E-state index in [-0.39, 0.29) is 19.4 Å². The molecule has 0 radical (unpaired) electrons. The van der Waals surface area contributed by atoms with Gasteiger partial charge < -0.3 is 9.64 Å². The van der Waals surface area contributed by atoms with Gasteiger partial charge in [-0.1, -0.05) is 6.92 Å². The lowest BCUT2D eigenvalue weighted by Gasteiger charge is -2.22. The SMILES string of the molecule is CCC(=O)N(CCC(=O)OC)CC(F)(F)F. The molecule has 0 aliphatic rings. The van der Waals surface area contributed by atoms with Gasteiger partial charge >= 0.3 is 12.1 Å². The zero-order valence-corrected chi connectivity index (χ0v) is 9.13. The summed E-state index contributed by atoms with van der Waals surface area (Å²) in [5.74, 6) is -1.28. The molecule has 0 fully saturated rings. The first-order chi connectivity index (χ1) is 7.30. The lowest BCUT2D eigenvalue weighted by Crippen LogP contribution is -2.39. The maximum Gasteiger partial charge on any atom is 0.406 e. The van der Waals surface area contributed by atoms with Crippen LogP contribution in [0.2, 0.25) is 0 Å². The van der Waals surface area contributed by atoms with Gasteiger partial charge in [0.2, 0.25) is 5.91 Å². The van der Waals surface area contributed by atoms with Gasteiger partial charge in [0.1, 0.15) is 6.54 Å². The Labute approximate surface area is 91.4 Å². The van der Waals surface area contributed by atoms with E-state index < -0.39 is 24.6 Å². The number of alkyl halides is 3. The second-order valence-corrected chi connectivity index (χ2v) is 3.11. The number of carbonyl (C=O) groups is 2. The third-order valence-corrected chi connectivity index (χ3v) is 1.84. The molecule has 0 aromatic carbocycles. The first-order valence-electron chi connectivity index (χ1n) is 4.71. The smallest absolute Gasteiger partial charge is 0.406 e. The highest BCUT2D eigenvalue weighted by Gasteiger charge is 2.32. The number of halogens is 3. The maximum atomic E-state index is 12.1. The fraction of sp³-hybridized carbons (Fsp3) is 0.778. The van der Waals surface area contributed by atoms with Gasteiger partial charge in [0.05, 0.1) is 13.5 Å². The molecule has 0 rings (SSSR count). The van der Waals surface area contributed by atoms with Gasteiger partial charge in [0, 0.05) is 13.0 Å². The minimum Gasteiger partial charge on any atom is -0.469 e. The molecule has 0 atom stereocenters. The van der Waals surface area contributed by atoms with E-state index in [9.17, 15) is 22.8 Å². The topological polar surface area (TPSA) is 46.6 Å². The molecule has 16 heavy (non-hydrogen) atoms. The van der Waals surface area contributed by atoms with Gasteiger partial charge in [-0.25, -0.2) is 0 Å². The van der Waals surface area contributed by atoms with Crippen LogP contribution in [0.5, 0.6) is 0 Å². The van der Waals surface area contributed by atoms with E-state index in [0.29, 0.717) is 4.90 Å². The van der Waals surface area contributed by atoms with Crippen molar-refractivity contribution in [2.24, 2.45) is 0 Å². The van der Waals surface area contributed by atoms with Gasteiger partial charge in [-0.05, 0) is 0 Å². The molecule has 0 unspecified atom stereocenters. The van der Waals surface area contributed by atoms with Crippen LogP contribution in [0.4, 0.5) is 13.2 Å². The number of carbonyl (C=O) groups excluding carboxylic acids is 2. The Bertz CT molecular complexity index is 253. The average Bonchev–Trinajstić information content (AvgIpc) is 2.20. The predicted octanol–water partition coefficient (Wildman–Crippen LogP) is 1.35. The Kier molecular flexibility index (Phi) is 5.84. The van der Waals surface area contributed by atoms with Gasteiger partial charge in [0.25, 0.3) is 0 Å². The fourth-order valence-corrected chi connectivity index (χ4v) is 1.06. The van der Waals surface area contributed by atoms with Crippen LogP contribution < -0.4 is 0 Å². The number of hydrogen-bond donors (Lipinski definition) is 0. The van der Waals surface area contributed by atoms with E-state index in [1.807, 2.05) is 0 Å². The molecule has 0 aliphatic heterocycles. The summed E-state index contributed by atoms with van der Waals surface area (Å²) in [5.41, 5.74) is 0. The highest BCUT2D eigenvalue weighted by atomic mass is 19.4. The van der Waals surface area contributed by atoms with Crippen molar-refractivity contribution < 1.29 is 27.5 Å². The number of rotatable bonds is 5. The Hall–Kier alpha value is -1.27. The molecule has 0 aromatic heterocycles. The third-order valence-electron chi connectivity index (χ3n) is 1.84. The van der Waals surface area contributed by atoms with Crippen molar-refractivity contribution in [3.8, 4) is 0 Å². The molecular weight excluding hydrogens is 227 g/mol. The molecule has 0 aliphatic carbocycles. The monoisotopic (exact) mass is 241 g/mol. The predicted molar refractivity (Wildman–Crippen MR) is 49.6 cm³/mol. The molecule has 0 spiro atoms. The van der Waals surface area contributed by atoms with E-state index in [4.69, 9.17) is 0 Å². The number of esters is 1. The lowest BCUT2D eigenvalue weighted by molar-refractivity contribution is -0.162. The fourth-order valence-electron chi connectivity index (χ4n) is 1.06. The van der Waals surface area contributed by atoms with E-state index in [1.165, 1.54) is 6.92 Å². The Morgan fingerprint density at radius 1 is 1.31 bits per heavy atom. The zero-order chi connectivity index (χ0) is 12.8. The van der Waals surface area contributed by atoms with Crippen LogP contribution in [0.3, 0.4) is 0 Å². The van der Waals surface area contributed by atoms with Crippen molar-refractivity contribution in [3.63, 3.8) is 0 Å². The number of nitrogens with zero attached hydrogens (tertiary/aromatic N) is 1. The Balaban J connectivity index is 4.33. The van der Waals surface area contributed by atoms with E-state index in [2.05, 4.69) is 4.74 Å². The van der Waals surface area contributed by atoms with Gasteiger partial charge in [-0.3, -0.25) is 9.59 Å². The molecule has 0 saturated heterocycles. The lowest BCUT2D eigenvalue weighted by atomic mass is 10.3. The van der Waals surface area contributed by atoms with Crippen LogP contribution in [0, 0.1) is 0 Å². The van der Waals surface area contributed by atoms with E-state index in [0.717, 1.165) is 7.11 Å². The summed E-state index contributed by atoms with van der Waals surface area (Å²) in [7, 11) is 1.14. The van der Waals surface area contributed by atoms with Crippen LogP contribution in [0.15, 0.2) is 0 Å². The minimum atomic E-state index is -4.46. The van der Waals surface area contributed by atoms with Crippen LogP contribution in [0.25, 0.3) is 0 Å². The van der Waals surface area contributed by atoms with Crippen molar-refractivity contribution in [3.05, 3.63) is 0 Å². The summed E-state index contributed by atoms with van der Waals surface area (Å²) < 4.78 is 40.6. The third kappa shape index (κ3) is 6.26. The summed E-state index contributed by atoms with van der Waals surface area (Å²) in [6, 6.07) is 0. The van der Waals surface area contributed by atoms with Crippen molar-refractivity contribution in [1.29, 1.82) is 0 Å². The standard InChI is InChI=1S/C9H14F3NO3/c1-3-7(14)13(6-9(10,11)12)5-4-8(15)16-2/h3-6H2,1-2H3. The number of ether oxygens (including phenoxy) is 1. The number of methoxy groups -OCH3 is 1. The molecule has 0 bridgehead atoms. The first-order valence-corrected chi connectivity index (χ1v) is 4.71. The van der Waals surface area contributed by atoms with E-state index in [1.54, 1.807) is 0 Å². The molecule has 0 aromatic rings. The quantitative estimate of drug-likeness (QED) is 0.682. The molecule has 0 N–H and O–H groups in total. The van der Waals surface area contributed by atoms with Crippen molar-refractivity contribution in [2.75, 3.05) is 20.2 Å². The summed E-state index contributed by atoms with van der Waals surface area (Å²) in [5, 5.41) is 0. The van der Waals surface area contributed by atoms with Crippen LogP contribution >= 0.6 is 0 Å². The Morgan fingerprint density at radius 2 is 1.88 bits per heavy atom. The van der Waals surface area contributed by atoms with Crippen molar-refractivity contribution in [1.82, 2.24) is 4.90 Å². The molecule has 0 saturated carbocycles. The molecule has 4 nitrogen and oxygen atoms in total. The van der Waals surface area contributed by atoms with Crippen molar-refractivity contribution >= 4 is 11.9 Å². The van der Waals surface area contributed by atoms with E-state index >= 15 is 0 Å². The summed E-state index contributed by atoms with van der Waals surface area (Å²) in [6.45, 7) is -0.153. The van der Waals surface area contributed by atoms with Crippen LogP contribution in [-0.2, 0) is 14.3 Å². The van der Waals surface area contributed by atoms with Crippen LogP contribution in [-0.4, -0.2) is 43.2 Å².